The van der Waals surface area contributed by atoms with Crippen molar-refractivity contribution in [1.29, 1.82) is 5.26 Å². The number of thiocarbonyl (C=S) groups is 1. The first-order valence-corrected chi connectivity index (χ1v) is 5.52. The molecule has 0 saturated carbocycles. The highest BCUT2D eigenvalue weighted by atomic mass is 32.1. The average Bonchev–Trinajstić information content (AvgIpc) is 2.79. The molecule has 3 N–H and O–H groups in total. The largest absolute Gasteiger partial charge is 0.368 e. The maximum Gasteiger partial charge on any atom is 0.226 e. The number of hydrogen-bond donors (Lipinski definition) is 2. The Morgan fingerprint density at radius 2 is 2.22 bits per heavy atom. The zero-order chi connectivity index (χ0) is 13.1. The fourth-order valence-corrected chi connectivity index (χ4v) is 1.60. The summed E-state index contributed by atoms with van der Waals surface area (Å²) in [6.45, 7) is 0. The fourth-order valence-electron chi connectivity index (χ4n) is 1.47. The standard InChI is InChI=1S/C11H10N6S/c1-14-11(18)17-10(13)15-9(16-17)8-5-3-2-4-7(8)6-12/h2-5H,1H3,(H,14,18)(H2,13,15,16). The first-order valence-electron chi connectivity index (χ1n) is 5.11. The number of nitriles is 1. The molecule has 0 spiro atoms. The Balaban J connectivity index is 2.53. The zero-order valence-electron chi connectivity index (χ0n) is 9.58. The molecule has 0 saturated heterocycles. The van der Waals surface area contributed by atoms with E-state index in [1.54, 1.807) is 25.2 Å². The van der Waals surface area contributed by atoms with Gasteiger partial charge in [-0.15, -0.1) is 5.10 Å². The van der Waals surface area contributed by atoms with Crippen LogP contribution in [0.4, 0.5) is 5.95 Å². The highest BCUT2D eigenvalue weighted by Gasteiger charge is 2.14. The maximum absolute atomic E-state index is 9.03. The van der Waals surface area contributed by atoms with Gasteiger partial charge in [0.1, 0.15) is 0 Å². The van der Waals surface area contributed by atoms with Gasteiger partial charge in [-0.25, -0.2) is 0 Å². The quantitative estimate of drug-likeness (QED) is 0.733. The molecule has 2 aromatic rings. The monoisotopic (exact) mass is 258 g/mol. The lowest BCUT2D eigenvalue weighted by molar-refractivity contribution is 0.915. The van der Waals surface area contributed by atoms with E-state index in [9.17, 15) is 0 Å². The van der Waals surface area contributed by atoms with Crippen molar-refractivity contribution in [2.45, 2.75) is 0 Å². The Morgan fingerprint density at radius 3 is 2.89 bits per heavy atom. The van der Waals surface area contributed by atoms with Crippen LogP contribution in [0.25, 0.3) is 11.4 Å². The Labute approximate surface area is 109 Å². The van der Waals surface area contributed by atoms with Gasteiger partial charge >= 0.3 is 0 Å². The Hall–Kier alpha value is -2.46. The third-order valence-corrected chi connectivity index (χ3v) is 2.70. The molecule has 0 bridgehead atoms. The maximum atomic E-state index is 9.03. The summed E-state index contributed by atoms with van der Waals surface area (Å²) >= 11 is 5.04. The van der Waals surface area contributed by atoms with Crippen molar-refractivity contribution in [2.24, 2.45) is 0 Å². The predicted molar refractivity (Wildman–Crippen MR) is 71.6 cm³/mol. The Morgan fingerprint density at radius 1 is 1.50 bits per heavy atom. The van der Waals surface area contributed by atoms with Crippen LogP contribution in [-0.4, -0.2) is 26.9 Å². The van der Waals surface area contributed by atoms with E-state index in [0.29, 0.717) is 22.1 Å². The second kappa shape index (κ2) is 4.81. The number of nitrogens with two attached hydrogens (primary N) is 1. The molecule has 90 valence electrons. The van der Waals surface area contributed by atoms with Crippen molar-refractivity contribution in [3.8, 4) is 17.5 Å². The molecule has 0 aliphatic carbocycles. The molecule has 0 amide bonds. The number of anilines is 1. The number of nitrogen functional groups attached to an aromatic ring is 1. The predicted octanol–water partition coefficient (Wildman–Crippen LogP) is 0.751. The number of nitrogens with one attached hydrogen (secondary N) is 1. The van der Waals surface area contributed by atoms with Crippen molar-refractivity contribution in [3.05, 3.63) is 29.8 Å². The van der Waals surface area contributed by atoms with Gasteiger partial charge in [0.05, 0.1) is 11.6 Å². The first-order chi connectivity index (χ1) is 8.67. The molecular weight excluding hydrogens is 248 g/mol. The van der Waals surface area contributed by atoms with Crippen LogP contribution in [0.1, 0.15) is 5.56 Å². The highest BCUT2D eigenvalue weighted by molar-refractivity contribution is 7.80. The summed E-state index contributed by atoms with van der Waals surface area (Å²) in [7, 11) is 1.67. The van der Waals surface area contributed by atoms with E-state index in [0.717, 1.165) is 0 Å². The third-order valence-electron chi connectivity index (χ3n) is 2.33. The van der Waals surface area contributed by atoms with Crippen LogP contribution in [0.5, 0.6) is 0 Å². The van der Waals surface area contributed by atoms with Gasteiger partial charge in [0, 0.05) is 12.6 Å². The van der Waals surface area contributed by atoms with Gasteiger partial charge in [-0.3, -0.25) is 0 Å². The van der Waals surface area contributed by atoms with Crippen LogP contribution >= 0.6 is 12.2 Å². The molecule has 0 radical (unpaired) electrons. The summed E-state index contributed by atoms with van der Waals surface area (Å²) in [6.07, 6.45) is 0. The normalized spacial score (nSPS) is 9.78. The van der Waals surface area contributed by atoms with Gasteiger partial charge in [-0.05, 0) is 24.4 Å². The van der Waals surface area contributed by atoms with Crippen LogP contribution in [0.15, 0.2) is 24.3 Å². The minimum atomic E-state index is 0.178. The molecule has 0 unspecified atom stereocenters. The van der Waals surface area contributed by atoms with E-state index < -0.39 is 0 Å². The van der Waals surface area contributed by atoms with Crippen LogP contribution in [0.3, 0.4) is 0 Å². The van der Waals surface area contributed by atoms with E-state index in [1.165, 1.54) is 4.68 Å². The van der Waals surface area contributed by atoms with Gasteiger partial charge in [0.2, 0.25) is 5.95 Å². The molecule has 1 aromatic carbocycles. The van der Waals surface area contributed by atoms with E-state index >= 15 is 0 Å². The van der Waals surface area contributed by atoms with Gasteiger partial charge in [-0.2, -0.15) is 14.9 Å². The molecule has 0 aliphatic rings. The van der Waals surface area contributed by atoms with Gasteiger partial charge in [0.25, 0.3) is 0 Å². The second-order valence-electron chi connectivity index (χ2n) is 3.42. The van der Waals surface area contributed by atoms with Gasteiger partial charge in [-0.1, -0.05) is 12.1 Å². The third kappa shape index (κ3) is 2.01. The second-order valence-corrected chi connectivity index (χ2v) is 3.80. The number of rotatable bonds is 1. The SMILES string of the molecule is CNC(=S)n1nc(-c2ccccc2C#N)nc1N. The Kier molecular flexibility index (Phi) is 3.21. The van der Waals surface area contributed by atoms with Crippen LogP contribution in [0.2, 0.25) is 0 Å². The van der Waals surface area contributed by atoms with Crippen molar-refractivity contribution in [3.63, 3.8) is 0 Å². The van der Waals surface area contributed by atoms with E-state index in [-0.39, 0.29) is 5.95 Å². The van der Waals surface area contributed by atoms with Gasteiger partial charge < -0.3 is 11.1 Å². The average molecular weight is 258 g/mol. The van der Waals surface area contributed by atoms with Crippen LogP contribution in [-0.2, 0) is 0 Å². The summed E-state index contributed by atoms with van der Waals surface area (Å²) in [5, 5.41) is 16.3. The minimum absolute atomic E-state index is 0.178. The van der Waals surface area contributed by atoms with E-state index in [1.807, 2.05) is 6.07 Å². The number of hydrogen-bond acceptors (Lipinski definition) is 5. The number of nitrogens with zero attached hydrogens (tertiary/aromatic N) is 4. The van der Waals surface area contributed by atoms with Crippen molar-refractivity contribution >= 4 is 23.3 Å². The summed E-state index contributed by atoms with van der Waals surface area (Å²) in [4.78, 5) is 4.11. The van der Waals surface area contributed by atoms with Gasteiger partial charge in [0.15, 0.2) is 10.9 Å². The lowest BCUT2D eigenvalue weighted by Crippen LogP contribution is -2.26. The highest BCUT2D eigenvalue weighted by Crippen LogP contribution is 2.20. The molecule has 2 rings (SSSR count). The van der Waals surface area contributed by atoms with E-state index in [4.69, 9.17) is 23.2 Å². The lowest BCUT2D eigenvalue weighted by Gasteiger charge is -2.01. The first kappa shape index (κ1) is 12.0. The minimum Gasteiger partial charge on any atom is -0.368 e. The molecule has 7 heteroatoms. The summed E-state index contributed by atoms with van der Waals surface area (Å²) in [5.41, 5.74) is 6.85. The summed E-state index contributed by atoms with van der Waals surface area (Å²) < 4.78 is 1.32. The molecule has 1 aromatic heterocycles. The zero-order valence-corrected chi connectivity index (χ0v) is 10.4. The molecule has 0 fully saturated rings. The number of aromatic nitrogens is 3. The summed E-state index contributed by atoms with van der Waals surface area (Å²) in [5.74, 6) is 0.555. The molecular formula is C11H10N6S. The summed E-state index contributed by atoms with van der Waals surface area (Å²) in [6, 6.07) is 9.14. The van der Waals surface area contributed by atoms with Crippen molar-refractivity contribution in [1.82, 2.24) is 20.1 Å². The topological polar surface area (TPSA) is 92.5 Å². The number of benzene rings is 1. The van der Waals surface area contributed by atoms with Crippen molar-refractivity contribution < 1.29 is 0 Å². The molecule has 6 nitrogen and oxygen atoms in total. The molecule has 0 atom stereocenters. The van der Waals surface area contributed by atoms with E-state index in [2.05, 4.69) is 21.5 Å². The smallest absolute Gasteiger partial charge is 0.226 e. The van der Waals surface area contributed by atoms with Crippen LogP contribution in [0, 0.1) is 11.3 Å². The fraction of sp³-hybridized carbons (Fsp3) is 0.0909. The van der Waals surface area contributed by atoms with Crippen LogP contribution < -0.4 is 11.1 Å². The molecule has 0 aliphatic heterocycles. The molecule has 1 heterocycles. The Bertz CT molecular complexity index is 639. The lowest BCUT2D eigenvalue weighted by atomic mass is 10.1. The van der Waals surface area contributed by atoms with Crippen molar-refractivity contribution in [2.75, 3.05) is 12.8 Å². The molecule has 18 heavy (non-hydrogen) atoms.